The number of rotatable bonds is 4. The number of para-hydroxylation sites is 1. The molecule has 2 aromatic heterocycles. The number of aromatic nitrogens is 5. The van der Waals surface area contributed by atoms with E-state index in [4.69, 9.17) is 0 Å². The van der Waals surface area contributed by atoms with Gasteiger partial charge in [-0.05, 0) is 46.8 Å². The Balaban J connectivity index is 1.75. The van der Waals surface area contributed by atoms with Crippen molar-refractivity contribution in [3.05, 3.63) is 59.2 Å². The molecule has 0 aliphatic rings. The van der Waals surface area contributed by atoms with Gasteiger partial charge in [0.05, 0.1) is 23.1 Å². The Morgan fingerprint density at radius 2 is 1.85 bits per heavy atom. The molecule has 0 saturated carbocycles. The van der Waals surface area contributed by atoms with Crippen LogP contribution in [-0.2, 0) is 12.1 Å². The van der Waals surface area contributed by atoms with Crippen molar-refractivity contribution < 1.29 is 4.79 Å². The molecule has 0 aliphatic heterocycles. The normalized spacial score (nSPS) is 11.6. The number of aryl methyl sites for hydroxylation is 1. The molecule has 3 aromatic rings. The molecule has 7 nitrogen and oxygen atoms in total. The van der Waals surface area contributed by atoms with Crippen molar-refractivity contribution in [1.82, 2.24) is 30.1 Å². The third kappa shape index (κ3) is 3.51. The molecule has 2 heterocycles. The Labute approximate surface area is 153 Å². The highest BCUT2D eigenvalue weighted by atomic mass is 16.2. The molecule has 0 aliphatic carbocycles. The molecular weight excluding hydrogens is 328 g/mol. The van der Waals surface area contributed by atoms with Crippen molar-refractivity contribution in [2.75, 3.05) is 0 Å². The molecule has 1 N–H and O–H groups in total. The molecule has 0 unspecified atom stereocenters. The monoisotopic (exact) mass is 352 g/mol. The number of nitrogens with one attached hydrogen (secondary N) is 1. The molecule has 1 amide bonds. The highest BCUT2D eigenvalue weighted by molar-refractivity contribution is 5.91. The first-order chi connectivity index (χ1) is 12.3. The summed E-state index contributed by atoms with van der Waals surface area (Å²) in [6.07, 6.45) is 1.67. The maximum Gasteiger partial charge on any atom is 0.273 e. The average Bonchev–Trinajstić information content (AvgIpc) is 3.20. The lowest BCUT2D eigenvalue weighted by molar-refractivity contribution is 0.0945. The largest absolute Gasteiger partial charge is 0.346 e. The Kier molecular flexibility index (Phi) is 4.63. The van der Waals surface area contributed by atoms with Gasteiger partial charge in [-0.2, -0.15) is 5.10 Å². The molecule has 136 valence electrons. The second kappa shape index (κ2) is 6.74. The number of hydrogen-bond acceptors (Lipinski definition) is 4. The molecule has 26 heavy (non-hydrogen) atoms. The van der Waals surface area contributed by atoms with Gasteiger partial charge in [-0.25, -0.2) is 9.36 Å². The van der Waals surface area contributed by atoms with Crippen LogP contribution in [0, 0.1) is 13.8 Å². The molecule has 0 radical (unpaired) electrons. The second-order valence-corrected chi connectivity index (χ2v) is 7.30. The summed E-state index contributed by atoms with van der Waals surface area (Å²) < 4.78 is 3.58. The van der Waals surface area contributed by atoms with Gasteiger partial charge < -0.3 is 5.32 Å². The number of benzene rings is 1. The zero-order chi connectivity index (χ0) is 18.9. The van der Waals surface area contributed by atoms with Gasteiger partial charge >= 0.3 is 0 Å². The lowest BCUT2D eigenvalue weighted by Crippen LogP contribution is -2.24. The summed E-state index contributed by atoms with van der Waals surface area (Å²) in [5.41, 5.74) is 4.00. The minimum absolute atomic E-state index is 0.213. The smallest absolute Gasteiger partial charge is 0.273 e. The topological polar surface area (TPSA) is 77.6 Å². The van der Waals surface area contributed by atoms with E-state index in [1.54, 1.807) is 10.9 Å². The fourth-order valence-electron chi connectivity index (χ4n) is 2.71. The predicted octanol–water partition coefficient (Wildman–Crippen LogP) is 2.77. The molecule has 3 rings (SSSR count). The van der Waals surface area contributed by atoms with E-state index < -0.39 is 0 Å². The van der Waals surface area contributed by atoms with Crippen molar-refractivity contribution >= 4 is 5.91 Å². The summed E-state index contributed by atoms with van der Waals surface area (Å²) in [6, 6.07) is 9.94. The number of carbonyl (C=O) groups is 1. The van der Waals surface area contributed by atoms with Gasteiger partial charge in [-0.15, -0.1) is 5.10 Å². The van der Waals surface area contributed by atoms with Gasteiger partial charge in [0.15, 0.2) is 5.69 Å². The third-order valence-corrected chi connectivity index (χ3v) is 4.28. The number of hydrogen-bond donors (Lipinski definition) is 1. The molecule has 0 bridgehead atoms. The van der Waals surface area contributed by atoms with E-state index in [1.807, 2.05) is 69.6 Å². The molecule has 0 atom stereocenters. The van der Waals surface area contributed by atoms with E-state index in [1.165, 1.54) is 0 Å². The minimum atomic E-state index is -0.244. The van der Waals surface area contributed by atoms with E-state index in [0.29, 0.717) is 12.2 Å². The van der Waals surface area contributed by atoms with Crippen LogP contribution in [0.2, 0.25) is 0 Å². The molecule has 0 fully saturated rings. The first kappa shape index (κ1) is 17.8. The quantitative estimate of drug-likeness (QED) is 0.783. The fraction of sp³-hybridized carbons (Fsp3) is 0.368. The number of carbonyl (C=O) groups excluding carboxylic acids is 1. The first-order valence-corrected chi connectivity index (χ1v) is 8.59. The molecule has 7 heteroatoms. The summed E-state index contributed by atoms with van der Waals surface area (Å²) in [4.78, 5) is 12.4. The van der Waals surface area contributed by atoms with E-state index in [2.05, 4.69) is 20.7 Å². The van der Waals surface area contributed by atoms with Gasteiger partial charge in [0, 0.05) is 17.8 Å². The Morgan fingerprint density at radius 3 is 2.46 bits per heavy atom. The van der Waals surface area contributed by atoms with Crippen LogP contribution < -0.4 is 5.32 Å². The summed E-state index contributed by atoms with van der Waals surface area (Å²) in [6.45, 7) is 10.4. The van der Waals surface area contributed by atoms with Crippen LogP contribution >= 0.6 is 0 Å². The average molecular weight is 352 g/mol. The Morgan fingerprint density at radius 1 is 1.15 bits per heavy atom. The maximum absolute atomic E-state index is 12.4. The van der Waals surface area contributed by atoms with Gasteiger partial charge in [0.1, 0.15) is 0 Å². The van der Waals surface area contributed by atoms with Crippen LogP contribution in [0.25, 0.3) is 5.69 Å². The first-order valence-electron chi connectivity index (χ1n) is 8.59. The van der Waals surface area contributed by atoms with Crippen LogP contribution in [0.5, 0.6) is 0 Å². The minimum Gasteiger partial charge on any atom is -0.346 e. The molecule has 1 aromatic carbocycles. The van der Waals surface area contributed by atoms with Crippen LogP contribution in [0.15, 0.2) is 36.5 Å². The van der Waals surface area contributed by atoms with Crippen molar-refractivity contribution in [1.29, 1.82) is 0 Å². The lowest BCUT2D eigenvalue weighted by Gasteiger charge is -2.17. The van der Waals surface area contributed by atoms with E-state index in [-0.39, 0.29) is 11.4 Å². The van der Waals surface area contributed by atoms with Crippen LogP contribution in [0.4, 0.5) is 0 Å². The third-order valence-electron chi connectivity index (χ3n) is 4.28. The zero-order valence-electron chi connectivity index (χ0n) is 15.8. The lowest BCUT2D eigenvalue weighted by atomic mass is 10.1. The van der Waals surface area contributed by atoms with Gasteiger partial charge in [-0.3, -0.25) is 4.79 Å². The van der Waals surface area contributed by atoms with Crippen LogP contribution in [-0.4, -0.2) is 30.7 Å². The van der Waals surface area contributed by atoms with E-state index in [9.17, 15) is 4.79 Å². The summed E-state index contributed by atoms with van der Waals surface area (Å²) >= 11 is 0. The van der Waals surface area contributed by atoms with Crippen molar-refractivity contribution in [2.45, 2.75) is 46.7 Å². The maximum atomic E-state index is 12.4. The van der Waals surface area contributed by atoms with E-state index in [0.717, 1.165) is 22.6 Å². The van der Waals surface area contributed by atoms with E-state index >= 15 is 0 Å². The summed E-state index contributed by atoms with van der Waals surface area (Å²) in [5.74, 6) is -0.244. The fourth-order valence-corrected chi connectivity index (χ4v) is 2.71. The standard InChI is InChI=1S/C19H24N6O/c1-13-16(14(2)25(22-13)15-9-7-6-8-10-15)11-20-18(26)17-12-24(23-21-17)19(3,4)5/h6-10,12H,11H2,1-5H3,(H,20,26). The predicted molar refractivity (Wildman–Crippen MR) is 99.2 cm³/mol. The SMILES string of the molecule is Cc1nn(-c2ccccc2)c(C)c1CNC(=O)c1cn(C(C)(C)C)nn1. The Hall–Kier alpha value is -2.96. The van der Waals surface area contributed by atoms with Crippen LogP contribution in [0.1, 0.15) is 48.2 Å². The highest BCUT2D eigenvalue weighted by Crippen LogP contribution is 2.18. The van der Waals surface area contributed by atoms with Gasteiger partial charge in [-0.1, -0.05) is 23.4 Å². The van der Waals surface area contributed by atoms with Crippen LogP contribution in [0.3, 0.4) is 0 Å². The van der Waals surface area contributed by atoms with Crippen molar-refractivity contribution in [2.24, 2.45) is 0 Å². The Bertz CT molecular complexity index is 917. The van der Waals surface area contributed by atoms with Gasteiger partial charge in [0.25, 0.3) is 5.91 Å². The molecule has 0 saturated heterocycles. The van der Waals surface area contributed by atoms with Crippen molar-refractivity contribution in [3.8, 4) is 5.69 Å². The zero-order valence-corrected chi connectivity index (χ0v) is 15.8. The number of nitrogens with zero attached hydrogens (tertiary/aromatic N) is 5. The molecular formula is C19H24N6O. The molecule has 0 spiro atoms. The number of amides is 1. The summed E-state index contributed by atoms with van der Waals surface area (Å²) in [7, 11) is 0. The second-order valence-electron chi connectivity index (χ2n) is 7.30. The van der Waals surface area contributed by atoms with Gasteiger partial charge in [0.2, 0.25) is 0 Å². The summed E-state index contributed by atoms with van der Waals surface area (Å²) in [5, 5.41) is 15.5. The van der Waals surface area contributed by atoms with Crippen molar-refractivity contribution in [3.63, 3.8) is 0 Å². The highest BCUT2D eigenvalue weighted by Gasteiger charge is 2.19.